The minimum atomic E-state index is -5.22. The molecule has 0 heterocycles. The number of hydrogen-bond acceptors (Lipinski definition) is 6. The Morgan fingerprint density at radius 2 is 1.12 bits per heavy atom. The van der Waals surface area contributed by atoms with Crippen molar-refractivity contribution in [2.45, 2.75) is 99.2 Å². The van der Waals surface area contributed by atoms with Crippen LogP contribution < -0.4 is 22.5 Å². The number of quaternary nitrogens is 2. The first-order chi connectivity index (χ1) is 13.2. The van der Waals surface area contributed by atoms with E-state index in [0.29, 0.717) is 0 Å². The fourth-order valence-corrected chi connectivity index (χ4v) is 5.78. The van der Waals surface area contributed by atoms with Crippen LogP contribution >= 0.6 is 0 Å². The van der Waals surface area contributed by atoms with Gasteiger partial charge >= 0.3 is 0 Å². The SMILES string of the molecule is CC(CCC(CCC(C)CC(C)(C)C)(C(=O)[O-])C(C(=O)[O-])S(=O)(=O)O)CC(C)(C)C.[NH4+].[NH4+]. The van der Waals surface area contributed by atoms with Gasteiger partial charge in [-0.05, 0) is 61.2 Å². The van der Waals surface area contributed by atoms with E-state index in [1.54, 1.807) is 0 Å². The molecular weight excluding hydrogens is 436 g/mol. The van der Waals surface area contributed by atoms with Crippen molar-refractivity contribution < 1.29 is 32.8 Å². The van der Waals surface area contributed by atoms with Gasteiger partial charge in [-0.2, -0.15) is 8.42 Å². The van der Waals surface area contributed by atoms with Crippen molar-refractivity contribution in [3.8, 4) is 0 Å². The summed E-state index contributed by atoms with van der Waals surface area (Å²) >= 11 is 0. The van der Waals surface area contributed by atoms with Gasteiger partial charge < -0.3 is 32.1 Å². The molecule has 32 heavy (non-hydrogen) atoms. The van der Waals surface area contributed by atoms with Gasteiger partial charge in [0.2, 0.25) is 0 Å². The second kappa shape index (κ2) is 12.9. The van der Waals surface area contributed by atoms with Crippen molar-refractivity contribution >= 4 is 22.1 Å². The third kappa shape index (κ3) is 12.1. The average Bonchev–Trinajstić information content (AvgIpc) is 2.44. The van der Waals surface area contributed by atoms with Crippen LogP contribution in [0.25, 0.3) is 0 Å². The van der Waals surface area contributed by atoms with Crippen LogP contribution in [0.1, 0.15) is 93.9 Å². The van der Waals surface area contributed by atoms with Crippen molar-refractivity contribution in [1.82, 2.24) is 12.3 Å². The lowest BCUT2D eigenvalue weighted by Gasteiger charge is -2.42. The summed E-state index contributed by atoms with van der Waals surface area (Å²) in [7, 11) is -5.22. The number of carbonyl (C=O) groups excluding carboxylic acids is 2. The van der Waals surface area contributed by atoms with Gasteiger partial charge in [0.15, 0.2) is 0 Å². The van der Waals surface area contributed by atoms with Crippen LogP contribution in [0.4, 0.5) is 0 Å². The highest BCUT2D eigenvalue weighted by Gasteiger charge is 2.48. The molecule has 0 spiro atoms. The molecule has 0 bridgehead atoms. The van der Waals surface area contributed by atoms with Crippen LogP contribution in [0.2, 0.25) is 0 Å². The zero-order valence-corrected chi connectivity index (χ0v) is 22.6. The minimum absolute atomic E-state index is 0. The van der Waals surface area contributed by atoms with Crippen molar-refractivity contribution in [3.05, 3.63) is 0 Å². The Labute approximate surface area is 194 Å². The molecule has 0 aromatic heterocycles. The molecule has 194 valence electrons. The van der Waals surface area contributed by atoms with Crippen molar-refractivity contribution in [2.75, 3.05) is 0 Å². The molecule has 0 aromatic rings. The molecule has 10 heteroatoms. The number of carboxylic acids is 2. The van der Waals surface area contributed by atoms with Crippen LogP contribution in [0, 0.1) is 28.1 Å². The van der Waals surface area contributed by atoms with Crippen molar-refractivity contribution in [1.29, 1.82) is 0 Å². The van der Waals surface area contributed by atoms with Crippen molar-refractivity contribution in [2.24, 2.45) is 28.1 Å². The van der Waals surface area contributed by atoms with E-state index >= 15 is 0 Å². The summed E-state index contributed by atoms with van der Waals surface area (Å²) in [4.78, 5) is 23.9. The van der Waals surface area contributed by atoms with Crippen LogP contribution in [0.5, 0.6) is 0 Å². The molecule has 3 unspecified atom stereocenters. The van der Waals surface area contributed by atoms with Gasteiger partial charge in [0.1, 0.15) is 5.25 Å². The largest absolute Gasteiger partial charge is 0.549 e. The van der Waals surface area contributed by atoms with E-state index in [1.807, 2.05) is 55.4 Å². The van der Waals surface area contributed by atoms with Gasteiger partial charge in [-0.15, -0.1) is 0 Å². The number of hydrogen-bond donors (Lipinski definition) is 3. The lowest BCUT2D eigenvalue weighted by atomic mass is 9.71. The number of aliphatic carboxylic acids is 2. The van der Waals surface area contributed by atoms with E-state index in [9.17, 15) is 32.8 Å². The molecule has 9 nitrogen and oxygen atoms in total. The first kappa shape index (κ1) is 35.4. The Hall–Kier alpha value is -1.23. The van der Waals surface area contributed by atoms with Crippen LogP contribution in [0.3, 0.4) is 0 Å². The highest BCUT2D eigenvalue weighted by atomic mass is 32.2. The maximum atomic E-state index is 12.2. The quantitative estimate of drug-likeness (QED) is 0.352. The van der Waals surface area contributed by atoms with E-state index in [1.165, 1.54) is 0 Å². The topological polar surface area (TPSA) is 208 Å². The Bertz CT molecular complexity index is 668. The average molecular weight is 485 g/mol. The third-order valence-corrected chi connectivity index (χ3v) is 6.75. The van der Waals surface area contributed by atoms with Gasteiger partial charge in [-0.1, -0.05) is 55.4 Å². The molecule has 0 aliphatic heterocycles. The van der Waals surface area contributed by atoms with E-state index in [-0.39, 0.29) is 60.7 Å². The highest BCUT2D eigenvalue weighted by Crippen LogP contribution is 2.41. The first-order valence-electron chi connectivity index (χ1n) is 10.6. The second-order valence-electron chi connectivity index (χ2n) is 11.5. The van der Waals surface area contributed by atoms with Gasteiger partial charge in [-0.25, -0.2) is 0 Å². The van der Waals surface area contributed by atoms with Crippen LogP contribution in [-0.2, 0) is 19.7 Å². The maximum Gasteiger partial charge on any atom is 0.274 e. The Morgan fingerprint density at radius 1 is 0.812 bits per heavy atom. The monoisotopic (exact) mass is 484 g/mol. The first-order valence-corrected chi connectivity index (χ1v) is 12.1. The molecule has 0 fully saturated rings. The molecule has 0 rings (SSSR count). The summed E-state index contributed by atoms with van der Waals surface area (Å²) in [6.45, 7) is 16.0. The predicted molar refractivity (Wildman–Crippen MR) is 125 cm³/mol. The Morgan fingerprint density at radius 3 is 1.31 bits per heavy atom. The van der Waals surface area contributed by atoms with Gasteiger partial charge in [0.05, 0.1) is 5.97 Å². The van der Waals surface area contributed by atoms with E-state index in [4.69, 9.17) is 0 Å². The van der Waals surface area contributed by atoms with E-state index in [0.717, 1.165) is 12.8 Å². The summed E-state index contributed by atoms with van der Waals surface area (Å²) in [5.74, 6) is -3.84. The molecule has 0 radical (unpaired) electrons. The zero-order valence-electron chi connectivity index (χ0n) is 21.8. The normalized spacial score (nSPS) is 17.2. The molecule has 9 N–H and O–H groups in total. The number of rotatable bonds is 12. The lowest BCUT2D eigenvalue weighted by Crippen LogP contribution is -2.59. The highest BCUT2D eigenvalue weighted by molar-refractivity contribution is 7.87. The molecule has 3 atom stereocenters. The van der Waals surface area contributed by atoms with Crippen LogP contribution in [-0.4, -0.2) is 30.2 Å². The molecule has 0 saturated carbocycles. The summed E-state index contributed by atoms with van der Waals surface area (Å²) in [6.07, 6.45) is 1.62. The minimum Gasteiger partial charge on any atom is -0.549 e. The smallest absolute Gasteiger partial charge is 0.274 e. The summed E-state index contributed by atoms with van der Waals surface area (Å²) in [5.41, 5.74) is -2.31. The Balaban J connectivity index is -0.00000420. The summed E-state index contributed by atoms with van der Waals surface area (Å²) in [6, 6.07) is 0. The van der Waals surface area contributed by atoms with E-state index < -0.39 is 32.7 Å². The fraction of sp³-hybridized carbons (Fsp3) is 0.909. The van der Waals surface area contributed by atoms with Gasteiger partial charge in [0, 0.05) is 11.4 Å². The number of carbonyl (C=O) groups is 2. The maximum absolute atomic E-state index is 12.2. The molecular formula is C22H48N2O7S. The standard InChI is InChI=1S/C22H42O7S.2H3N/c1-15(13-20(3,4)5)9-11-22(19(25)26,17(18(23)24)30(27,28)29)12-10-16(2)14-21(6,7)8;;/h15-17H,9-14H2,1-8H3,(H,23,24)(H,25,26)(H,27,28,29);2*1H3. The molecule has 0 aliphatic rings. The lowest BCUT2D eigenvalue weighted by molar-refractivity contribution is -0.329. The second-order valence-corrected chi connectivity index (χ2v) is 13.0. The van der Waals surface area contributed by atoms with Gasteiger partial charge in [0.25, 0.3) is 10.1 Å². The summed E-state index contributed by atoms with van der Waals surface area (Å²) < 4.78 is 33.4. The molecule has 0 saturated heterocycles. The Kier molecular flexibility index (Phi) is 14.2. The van der Waals surface area contributed by atoms with Gasteiger partial charge in [-0.3, -0.25) is 4.55 Å². The molecule has 0 amide bonds. The zero-order chi connectivity index (χ0) is 24.1. The summed E-state index contributed by atoms with van der Waals surface area (Å²) in [5, 5.41) is 21.4. The molecule has 0 aromatic carbocycles. The third-order valence-electron chi connectivity index (χ3n) is 5.51. The molecule has 0 aliphatic carbocycles. The number of carboxylic acid groups (broad SMARTS) is 2. The fourth-order valence-electron chi connectivity index (χ4n) is 4.63. The predicted octanol–water partition coefficient (Wildman–Crippen LogP) is 3.19. The van der Waals surface area contributed by atoms with Crippen molar-refractivity contribution in [3.63, 3.8) is 0 Å². The van der Waals surface area contributed by atoms with E-state index in [2.05, 4.69) is 0 Å². The van der Waals surface area contributed by atoms with Crippen LogP contribution in [0.15, 0.2) is 0 Å².